The Hall–Kier alpha value is -2.00. The van der Waals surface area contributed by atoms with Crippen LogP contribution >= 0.6 is 0 Å². The molecule has 1 spiro atoms. The van der Waals surface area contributed by atoms with Crippen LogP contribution in [0.2, 0.25) is 0 Å². The molecule has 0 saturated carbocycles. The minimum Gasteiger partial charge on any atom is -0.391 e. The topological polar surface area (TPSA) is 99.3 Å². The summed E-state index contributed by atoms with van der Waals surface area (Å²) in [7, 11) is 3.72. The quantitative estimate of drug-likeness (QED) is 0.605. The molecule has 2 aliphatic heterocycles. The van der Waals surface area contributed by atoms with Crippen molar-refractivity contribution in [3.63, 3.8) is 0 Å². The molecule has 2 aliphatic rings. The van der Waals surface area contributed by atoms with E-state index in [1.807, 2.05) is 37.4 Å². The van der Waals surface area contributed by atoms with Crippen molar-refractivity contribution in [2.24, 2.45) is 5.73 Å². The van der Waals surface area contributed by atoms with Gasteiger partial charge in [-0.05, 0) is 39.4 Å². The maximum absolute atomic E-state index is 12.8. The molecule has 1 aromatic carbocycles. The van der Waals surface area contributed by atoms with Gasteiger partial charge in [-0.1, -0.05) is 30.3 Å². The second-order valence-electron chi connectivity index (χ2n) is 7.96. The number of β-lactam (4-membered cyclic amide) rings is 1. The first-order valence-corrected chi connectivity index (χ1v) is 9.65. The lowest BCUT2D eigenvalue weighted by Gasteiger charge is -2.50. The summed E-state index contributed by atoms with van der Waals surface area (Å²) in [5, 5.41) is 11.3. The minimum atomic E-state index is -0.851. The van der Waals surface area contributed by atoms with Gasteiger partial charge in [0.25, 0.3) is 5.91 Å². The van der Waals surface area contributed by atoms with E-state index in [1.165, 1.54) is 5.06 Å². The van der Waals surface area contributed by atoms with E-state index in [0.717, 1.165) is 18.4 Å². The maximum atomic E-state index is 12.8. The van der Waals surface area contributed by atoms with Gasteiger partial charge in [0.1, 0.15) is 18.2 Å². The van der Waals surface area contributed by atoms with Crippen molar-refractivity contribution in [3.05, 3.63) is 35.9 Å². The SMILES string of the molecule is C[C@@H](O)[C@@H](C(N)=O)N(C)CC1CCC2(CN(OCc3ccccc3)C2=O)N1C. The Balaban J connectivity index is 1.56. The lowest BCUT2D eigenvalue weighted by molar-refractivity contribution is -0.242. The molecule has 2 heterocycles. The minimum absolute atomic E-state index is 0.0157. The third-order valence-electron chi connectivity index (χ3n) is 6.10. The van der Waals surface area contributed by atoms with Gasteiger partial charge in [-0.2, -0.15) is 0 Å². The molecule has 154 valence electrons. The second-order valence-corrected chi connectivity index (χ2v) is 7.96. The monoisotopic (exact) mass is 390 g/mol. The molecule has 3 N–H and O–H groups in total. The third kappa shape index (κ3) is 3.77. The van der Waals surface area contributed by atoms with Crippen molar-refractivity contribution in [3.8, 4) is 0 Å². The Morgan fingerprint density at radius 2 is 2.11 bits per heavy atom. The van der Waals surface area contributed by atoms with Gasteiger partial charge < -0.3 is 10.8 Å². The van der Waals surface area contributed by atoms with Crippen molar-refractivity contribution < 1.29 is 19.5 Å². The van der Waals surface area contributed by atoms with Crippen LogP contribution in [0, 0.1) is 0 Å². The van der Waals surface area contributed by atoms with Crippen LogP contribution in [0.5, 0.6) is 0 Å². The summed E-state index contributed by atoms with van der Waals surface area (Å²) in [4.78, 5) is 34.0. The molecule has 0 radical (unpaired) electrons. The summed E-state index contributed by atoms with van der Waals surface area (Å²) in [6.45, 7) is 3.01. The van der Waals surface area contributed by atoms with E-state index in [2.05, 4.69) is 4.90 Å². The van der Waals surface area contributed by atoms with Crippen LogP contribution in [0.1, 0.15) is 25.3 Å². The first-order valence-electron chi connectivity index (χ1n) is 9.65. The van der Waals surface area contributed by atoms with E-state index < -0.39 is 23.6 Å². The standard InChI is InChI=1S/C20H30N4O4/c1-14(25)17(18(21)26)22(2)11-16-9-10-20(23(16)3)13-24(19(20)27)28-12-15-7-5-4-6-8-15/h4-8,14,16-17,25H,9-13H2,1-3H3,(H2,21,26)/t14-,16?,17+,20?/m1/s1. The highest BCUT2D eigenvalue weighted by atomic mass is 16.7. The van der Waals surface area contributed by atoms with Crippen molar-refractivity contribution >= 4 is 11.8 Å². The molecule has 8 heteroatoms. The lowest BCUT2D eigenvalue weighted by atomic mass is 9.88. The molecule has 0 aliphatic carbocycles. The number of rotatable bonds is 8. The summed E-state index contributed by atoms with van der Waals surface area (Å²) in [6.07, 6.45) is 0.738. The zero-order valence-corrected chi connectivity index (χ0v) is 16.7. The van der Waals surface area contributed by atoms with E-state index in [1.54, 1.807) is 18.9 Å². The summed E-state index contributed by atoms with van der Waals surface area (Å²) in [6, 6.07) is 9.11. The summed E-state index contributed by atoms with van der Waals surface area (Å²) >= 11 is 0. The molecule has 2 saturated heterocycles. The highest BCUT2D eigenvalue weighted by Crippen LogP contribution is 2.41. The van der Waals surface area contributed by atoms with Crippen molar-refractivity contribution in [2.75, 3.05) is 27.2 Å². The predicted octanol–water partition coefficient (Wildman–Crippen LogP) is -0.0401. The lowest BCUT2D eigenvalue weighted by Crippen LogP contribution is -2.72. The molecule has 0 aromatic heterocycles. The Morgan fingerprint density at radius 3 is 2.68 bits per heavy atom. The van der Waals surface area contributed by atoms with Crippen LogP contribution in [0.25, 0.3) is 0 Å². The van der Waals surface area contributed by atoms with Crippen LogP contribution in [0.15, 0.2) is 30.3 Å². The molecule has 4 atom stereocenters. The number of nitrogens with two attached hydrogens (primary N) is 1. The number of hydrogen-bond acceptors (Lipinski definition) is 6. The van der Waals surface area contributed by atoms with E-state index in [4.69, 9.17) is 10.6 Å². The Labute approximate surface area is 165 Å². The number of hydrogen-bond donors (Lipinski definition) is 2. The van der Waals surface area contributed by atoms with Gasteiger partial charge >= 0.3 is 0 Å². The first-order chi connectivity index (χ1) is 13.3. The van der Waals surface area contributed by atoms with E-state index in [-0.39, 0.29) is 11.9 Å². The number of likely N-dealkylation sites (tertiary alicyclic amines) is 1. The molecule has 2 unspecified atom stereocenters. The highest BCUT2D eigenvalue weighted by molar-refractivity contribution is 5.92. The molecular formula is C20H30N4O4. The normalized spacial score (nSPS) is 27.2. The third-order valence-corrected chi connectivity index (χ3v) is 6.10. The molecule has 3 rings (SSSR count). The molecule has 0 bridgehead atoms. The number of aliphatic hydroxyl groups is 1. The van der Waals surface area contributed by atoms with E-state index in [9.17, 15) is 14.7 Å². The number of carbonyl (C=O) groups is 2. The van der Waals surface area contributed by atoms with Gasteiger partial charge in [-0.15, -0.1) is 0 Å². The zero-order chi connectivity index (χ0) is 20.5. The van der Waals surface area contributed by atoms with Gasteiger partial charge in [0.15, 0.2) is 0 Å². The number of nitrogens with zero attached hydrogens (tertiary/aromatic N) is 3. The number of likely N-dealkylation sites (N-methyl/N-ethyl adjacent to an activating group) is 2. The zero-order valence-electron chi connectivity index (χ0n) is 16.7. The van der Waals surface area contributed by atoms with Crippen molar-refractivity contribution in [2.45, 2.75) is 50.1 Å². The summed E-state index contributed by atoms with van der Waals surface area (Å²) < 4.78 is 0. The van der Waals surface area contributed by atoms with Crippen LogP contribution in [-0.4, -0.2) is 82.7 Å². The smallest absolute Gasteiger partial charge is 0.268 e. The Kier molecular flexibility index (Phi) is 6.04. The number of hydroxylamine groups is 2. The number of aliphatic hydroxyl groups excluding tert-OH is 1. The average molecular weight is 390 g/mol. The molecule has 1 aromatic rings. The van der Waals surface area contributed by atoms with E-state index >= 15 is 0 Å². The molecular weight excluding hydrogens is 360 g/mol. The predicted molar refractivity (Wildman–Crippen MR) is 104 cm³/mol. The summed E-state index contributed by atoms with van der Waals surface area (Å²) in [5.74, 6) is -0.564. The fourth-order valence-electron chi connectivity index (χ4n) is 4.41. The first kappa shape index (κ1) is 20.7. The van der Waals surface area contributed by atoms with Crippen molar-refractivity contribution in [1.82, 2.24) is 14.9 Å². The van der Waals surface area contributed by atoms with Gasteiger partial charge in [0, 0.05) is 12.6 Å². The van der Waals surface area contributed by atoms with Crippen LogP contribution in [0.4, 0.5) is 0 Å². The fraction of sp³-hybridized carbons (Fsp3) is 0.600. The van der Waals surface area contributed by atoms with Gasteiger partial charge in [-0.25, -0.2) is 5.06 Å². The maximum Gasteiger partial charge on any atom is 0.268 e. The van der Waals surface area contributed by atoms with Gasteiger partial charge in [0.05, 0.1) is 12.6 Å². The van der Waals surface area contributed by atoms with Crippen LogP contribution < -0.4 is 5.73 Å². The van der Waals surface area contributed by atoms with Crippen molar-refractivity contribution in [1.29, 1.82) is 0 Å². The number of amides is 2. The van der Waals surface area contributed by atoms with Gasteiger partial charge in [-0.3, -0.25) is 24.2 Å². The molecule has 2 amide bonds. The largest absolute Gasteiger partial charge is 0.391 e. The molecule has 28 heavy (non-hydrogen) atoms. The van der Waals surface area contributed by atoms with E-state index in [0.29, 0.717) is 19.7 Å². The number of benzene rings is 1. The molecule has 8 nitrogen and oxygen atoms in total. The Bertz CT molecular complexity index is 713. The highest BCUT2D eigenvalue weighted by Gasteiger charge is 2.60. The Morgan fingerprint density at radius 1 is 1.43 bits per heavy atom. The second kappa shape index (κ2) is 8.16. The molecule has 2 fully saturated rings. The number of primary amides is 1. The number of carbonyl (C=O) groups excluding carboxylic acids is 2. The average Bonchev–Trinajstić information content (AvgIpc) is 2.97. The van der Waals surface area contributed by atoms with Crippen LogP contribution in [-0.2, 0) is 21.0 Å². The van der Waals surface area contributed by atoms with Crippen LogP contribution in [0.3, 0.4) is 0 Å². The fourth-order valence-corrected chi connectivity index (χ4v) is 4.41. The summed E-state index contributed by atoms with van der Waals surface area (Å²) in [5.41, 5.74) is 5.92. The van der Waals surface area contributed by atoms with Gasteiger partial charge in [0.2, 0.25) is 5.91 Å².